The van der Waals surface area contributed by atoms with E-state index < -0.39 is 0 Å². The highest BCUT2D eigenvalue weighted by Crippen LogP contribution is 2.28. The molecule has 0 spiro atoms. The highest BCUT2D eigenvalue weighted by Gasteiger charge is 2.40. The Bertz CT molecular complexity index is 541. The summed E-state index contributed by atoms with van der Waals surface area (Å²) in [6.07, 6.45) is 14.0. The molecule has 0 aromatic carbocycles. The van der Waals surface area contributed by atoms with Gasteiger partial charge >= 0.3 is 0 Å². The van der Waals surface area contributed by atoms with Crippen molar-refractivity contribution < 1.29 is 9.59 Å². The van der Waals surface area contributed by atoms with Crippen LogP contribution in [0.3, 0.4) is 0 Å². The van der Waals surface area contributed by atoms with E-state index >= 15 is 0 Å². The first-order valence-corrected chi connectivity index (χ1v) is 7.46. The number of hydrogen-bond acceptors (Lipinski definition) is 3. The Balaban J connectivity index is 1.83. The molecule has 2 rings (SSSR count). The van der Waals surface area contributed by atoms with E-state index in [4.69, 9.17) is 0 Å². The van der Waals surface area contributed by atoms with Crippen LogP contribution in [0.25, 0.3) is 0 Å². The van der Waals surface area contributed by atoms with Crippen molar-refractivity contribution in [3.8, 4) is 0 Å². The average molecular weight is 286 g/mol. The Morgan fingerprint density at radius 3 is 2.90 bits per heavy atom. The van der Waals surface area contributed by atoms with Gasteiger partial charge in [0.1, 0.15) is 5.82 Å². The summed E-state index contributed by atoms with van der Waals surface area (Å²) in [5.74, 6) is 0.528. The van der Waals surface area contributed by atoms with Gasteiger partial charge in [-0.1, -0.05) is 43.2 Å². The van der Waals surface area contributed by atoms with Crippen LogP contribution in [-0.4, -0.2) is 29.2 Å². The summed E-state index contributed by atoms with van der Waals surface area (Å²) < 4.78 is 0. The van der Waals surface area contributed by atoms with Gasteiger partial charge in [-0.3, -0.25) is 9.59 Å². The van der Waals surface area contributed by atoms with Gasteiger partial charge in [-0.25, -0.2) is 0 Å². The van der Waals surface area contributed by atoms with Crippen LogP contribution < -0.4 is 5.32 Å². The molecule has 0 bridgehead atoms. The summed E-state index contributed by atoms with van der Waals surface area (Å²) >= 11 is 0. The third-order valence-electron chi connectivity index (χ3n) is 3.64. The lowest BCUT2D eigenvalue weighted by molar-refractivity contribution is -0.121. The van der Waals surface area contributed by atoms with Crippen molar-refractivity contribution in [2.75, 3.05) is 6.54 Å². The summed E-state index contributed by atoms with van der Waals surface area (Å²) in [4.78, 5) is 25.3. The molecule has 1 amide bonds. The molecule has 2 aliphatic rings. The molecule has 1 N–H and O–H groups in total. The lowest BCUT2D eigenvalue weighted by Gasteiger charge is -2.37. The van der Waals surface area contributed by atoms with Crippen LogP contribution in [0.4, 0.5) is 0 Å². The van der Waals surface area contributed by atoms with Crippen molar-refractivity contribution in [3.05, 3.63) is 47.9 Å². The molecule has 2 heterocycles. The van der Waals surface area contributed by atoms with E-state index in [1.165, 1.54) is 12.2 Å². The average Bonchev–Trinajstić information content (AvgIpc) is 2.60. The van der Waals surface area contributed by atoms with Gasteiger partial charge in [-0.2, -0.15) is 0 Å². The molecular weight excluding hydrogens is 264 g/mol. The third-order valence-corrected chi connectivity index (χ3v) is 3.64. The molecule has 1 saturated heterocycles. The number of nitrogens with one attached hydrogen (secondary N) is 1. The van der Waals surface area contributed by atoms with Gasteiger partial charge in [0, 0.05) is 18.7 Å². The lowest BCUT2D eigenvalue weighted by atomic mass is 10.0. The normalized spacial score (nSPS) is 21.7. The molecule has 0 radical (unpaired) electrons. The van der Waals surface area contributed by atoms with Crippen molar-refractivity contribution in [1.29, 1.82) is 0 Å². The first kappa shape index (κ1) is 15.3. The predicted octanol–water partition coefficient (Wildman–Crippen LogP) is 2.46. The largest absolute Gasteiger partial charge is 0.347 e. The Labute approximate surface area is 125 Å². The van der Waals surface area contributed by atoms with Crippen LogP contribution in [-0.2, 0) is 9.59 Å². The number of rotatable bonds is 6. The zero-order chi connectivity index (χ0) is 15.2. The van der Waals surface area contributed by atoms with E-state index in [9.17, 15) is 9.59 Å². The first-order valence-electron chi connectivity index (χ1n) is 7.46. The van der Waals surface area contributed by atoms with E-state index in [2.05, 4.69) is 18.3 Å². The predicted molar refractivity (Wildman–Crippen MR) is 83.3 cm³/mol. The van der Waals surface area contributed by atoms with Crippen molar-refractivity contribution >= 4 is 11.7 Å². The second-order valence-corrected chi connectivity index (χ2v) is 5.38. The lowest BCUT2D eigenvalue weighted by Crippen LogP contribution is -2.49. The van der Waals surface area contributed by atoms with E-state index in [0.29, 0.717) is 5.82 Å². The van der Waals surface area contributed by atoms with Gasteiger partial charge in [0.25, 0.3) is 0 Å². The standard InChI is InChI=1S/C17H22N2O2/c1-3-4-5-6-7-13(2)8-9-17(21)18-16-12-15(20)14-10-11-19(14)16/h5-9,12,14H,3-4,10-11H2,1-2H3,(H,18,21)/b6-5+,9-8+,13-7+. The number of allylic oxidation sites excluding steroid dienone is 5. The van der Waals surface area contributed by atoms with Gasteiger partial charge in [-0.15, -0.1) is 0 Å². The first-order chi connectivity index (χ1) is 10.1. The maximum Gasteiger partial charge on any atom is 0.249 e. The minimum absolute atomic E-state index is 0.0328. The minimum atomic E-state index is -0.202. The molecular formula is C17H22N2O2. The van der Waals surface area contributed by atoms with E-state index in [1.54, 1.807) is 6.08 Å². The summed E-state index contributed by atoms with van der Waals surface area (Å²) in [6, 6.07) is -0.0328. The highest BCUT2D eigenvalue weighted by atomic mass is 16.2. The smallest absolute Gasteiger partial charge is 0.249 e. The molecule has 21 heavy (non-hydrogen) atoms. The number of nitrogens with zero attached hydrogens (tertiary/aromatic N) is 1. The summed E-state index contributed by atoms with van der Waals surface area (Å²) in [7, 11) is 0. The summed E-state index contributed by atoms with van der Waals surface area (Å²) in [6.45, 7) is 4.92. The fourth-order valence-electron chi connectivity index (χ4n) is 2.31. The zero-order valence-electron chi connectivity index (χ0n) is 12.6. The summed E-state index contributed by atoms with van der Waals surface area (Å²) in [5, 5.41) is 2.77. The van der Waals surface area contributed by atoms with Crippen LogP contribution in [0.1, 0.15) is 33.1 Å². The van der Waals surface area contributed by atoms with E-state index in [1.807, 2.05) is 24.0 Å². The van der Waals surface area contributed by atoms with Crippen LogP contribution >= 0.6 is 0 Å². The Morgan fingerprint density at radius 2 is 2.29 bits per heavy atom. The van der Waals surface area contributed by atoms with Crippen molar-refractivity contribution in [2.45, 2.75) is 39.2 Å². The zero-order valence-corrected chi connectivity index (χ0v) is 12.6. The molecule has 0 aromatic rings. The number of carbonyl (C=O) groups excluding carboxylic acids is 2. The number of carbonyl (C=O) groups is 2. The topological polar surface area (TPSA) is 49.4 Å². The molecule has 1 fully saturated rings. The van der Waals surface area contributed by atoms with Crippen LogP contribution in [0.15, 0.2) is 47.9 Å². The monoisotopic (exact) mass is 286 g/mol. The molecule has 0 aliphatic carbocycles. The number of amides is 1. The molecule has 1 unspecified atom stereocenters. The molecule has 0 saturated carbocycles. The van der Waals surface area contributed by atoms with Gasteiger partial charge < -0.3 is 10.2 Å². The SMILES string of the molecule is CCC/C=C/C=C(C)/C=C/C(=O)NC1=CC(=O)C2CCN12. The molecule has 112 valence electrons. The second-order valence-electron chi connectivity index (χ2n) is 5.38. The van der Waals surface area contributed by atoms with Gasteiger partial charge in [0.15, 0.2) is 5.78 Å². The molecule has 2 aliphatic heterocycles. The minimum Gasteiger partial charge on any atom is -0.347 e. The maximum atomic E-state index is 11.8. The van der Waals surface area contributed by atoms with Gasteiger partial charge in [0.2, 0.25) is 5.91 Å². The van der Waals surface area contributed by atoms with E-state index in [-0.39, 0.29) is 17.7 Å². The quantitative estimate of drug-likeness (QED) is 0.603. The molecule has 4 heteroatoms. The Morgan fingerprint density at radius 1 is 1.48 bits per heavy atom. The Kier molecular flexibility index (Phi) is 5.14. The van der Waals surface area contributed by atoms with Crippen molar-refractivity contribution in [2.24, 2.45) is 0 Å². The second kappa shape index (κ2) is 7.07. The van der Waals surface area contributed by atoms with Gasteiger partial charge in [-0.05, 0) is 19.8 Å². The number of ketones is 1. The maximum absolute atomic E-state index is 11.8. The van der Waals surface area contributed by atoms with Crippen molar-refractivity contribution in [1.82, 2.24) is 10.2 Å². The van der Waals surface area contributed by atoms with Crippen LogP contribution in [0.5, 0.6) is 0 Å². The fourth-order valence-corrected chi connectivity index (χ4v) is 2.31. The van der Waals surface area contributed by atoms with Crippen LogP contribution in [0, 0.1) is 0 Å². The molecule has 0 aromatic heterocycles. The van der Waals surface area contributed by atoms with Crippen molar-refractivity contribution in [3.63, 3.8) is 0 Å². The number of unbranched alkanes of at least 4 members (excludes halogenated alkanes) is 1. The van der Waals surface area contributed by atoms with Gasteiger partial charge in [0.05, 0.1) is 6.04 Å². The molecule has 4 nitrogen and oxygen atoms in total. The van der Waals surface area contributed by atoms with Crippen LogP contribution in [0.2, 0.25) is 0 Å². The number of fused-ring (bicyclic) bond motifs is 1. The Hall–Kier alpha value is -2.10. The molecule has 1 atom stereocenters. The third kappa shape index (κ3) is 3.94. The highest BCUT2D eigenvalue weighted by molar-refractivity contribution is 5.99. The number of hydrogen-bond donors (Lipinski definition) is 1. The van der Waals surface area contributed by atoms with E-state index in [0.717, 1.165) is 31.4 Å². The summed E-state index contributed by atoms with van der Waals surface area (Å²) in [5.41, 5.74) is 1.01. The fraction of sp³-hybridized carbons (Fsp3) is 0.412.